The first-order valence-electron chi connectivity index (χ1n) is 7.09. The minimum absolute atomic E-state index is 0.0820. The molecule has 1 heterocycles. The Morgan fingerprint density at radius 3 is 2.57 bits per heavy atom. The molecule has 0 saturated heterocycles. The van der Waals surface area contributed by atoms with Gasteiger partial charge in [0, 0.05) is 30.1 Å². The molecule has 0 fully saturated rings. The van der Waals surface area contributed by atoms with Crippen molar-refractivity contribution < 1.29 is 14.3 Å². The maximum atomic E-state index is 12.2. The zero-order valence-electron chi connectivity index (χ0n) is 13.4. The molecule has 21 heavy (non-hydrogen) atoms. The van der Waals surface area contributed by atoms with Crippen molar-refractivity contribution in [3.8, 4) is 0 Å². The van der Waals surface area contributed by atoms with Crippen LogP contribution in [0.2, 0.25) is 0 Å². The molecular formula is C16H24N2O3. The van der Waals surface area contributed by atoms with Gasteiger partial charge in [-0.1, -0.05) is 6.08 Å². The zero-order valence-corrected chi connectivity index (χ0v) is 13.4. The topological polar surface area (TPSA) is 60.3 Å². The van der Waals surface area contributed by atoms with Crippen LogP contribution in [0.3, 0.4) is 0 Å². The van der Waals surface area contributed by atoms with Crippen molar-refractivity contribution in [1.82, 2.24) is 9.88 Å². The second-order valence-electron chi connectivity index (χ2n) is 5.22. The second kappa shape index (κ2) is 7.67. The summed E-state index contributed by atoms with van der Waals surface area (Å²) < 4.78 is 6.63. The Morgan fingerprint density at radius 2 is 2.05 bits per heavy atom. The maximum Gasteiger partial charge on any atom is 0.330 e. The fourth-order valence-corrected chi connectivity index (χ4v) is 2.41. The first-order valence-corrected chi connectivity index (χ1v) is 7.09. The lowest BCUT2D eigenvalue weighted by Crippen LogP contribution is -2.24. The predicted octanol–water partition coefficient (Wildman–Crippen LogP) is 2.53. The summed E-state index contributed by atoms with van der Waals surface area (Å²) in [6.07, 6.45) is 3.63. The lowest BCUT2D eigenvalue weighted by Gasteiger charge is -2.13. The van der Waals surface area contributed by atoms with Gasteiger partial charge in [0.25, 0.3) is 5.91 Å². The summed E-state index contributed by atoms with van der Waals surface area (Å²) in [7, 11) is 1.33. The molecule has 1 aromatic rings. The minimum Gasteiger partial charge on any atom is -0.466 e. The number of carbonyl (C=O) groups excluding carboxylic acids is 2. The Morgan fingerprint density at radius 1 is 1.38 bits per heavy atom. The van der Waals surface area contributed by atoms with E-state index in [2.05, 4.69) is 28.5 Å². The fraction of sp³-hybridized carbons (Fsp3) is 0.500. The number of aromatic nitrogens is 1. The highest BCUT2D eigenvalue weighted by Crippen LogP contribution is 2.19. The van der Waals surface area contributed by atoms with Gasteiger partial charge >= 0.3 is 5.97 Å². The zero-order chi connectivity index (χ0) is 16.0. The van der Waals surface area contributed by atoms with Crippen LogP contribution in [-0.4, -0.2) is 30.1 Å². The van der Waals surface area contributed by atoms with Crippen molar-refractivity contribution in [2.24, 2.45) is 0 Å². The van der Waals surface area contributed by atoms with Crippen LogP contribution in [0, 0.1) is 13.8 Å². The third-order valence-corrected chi connectivity index (χ3v) is 3.30. The Hall–Kier alpha value is -2.04. The van der Waals surface area contributed by atoms with Gasteiger partial charge in [0.05, 0.1) is 12.7 Å². The van der Waals surface area contributed by atoms with Gasteiger partial charge in [-0.05, 0) is 40.2 Å². The number of nitrogens with zero attached hydrogens (tertiary/aromatic N) is 1. The number of carbonyl (C=O) groups is 2. The molecule has 5 nitrogen and oxygen atoms in total. The number of amides is 1. The van der Waals surface area contributed by atoms with Crippen LogP contribution >= 0.6 is 0 Å². The van der Waals surface area contributed by atoms with Gasteiger partial charge in [-0.3, -0.25) is 4.79 Å². The van der Waals surface area contributed by atoms with Gasteiger partial charge in [0.2, 0.25) is 0 Å². The molecule has 1 aromatic heterocycles. The standard InChI is InChI=1S/C16H24N2O3/c1-11(2)18-12(3)10-14(13(18)4)16(20)17-9-7-6-8-15(19)21-5/h6,8,10-11H,7,9H2,1-5H3,(H,17,20)/b8-6+. The molecule has 0 spiro atoms. The van der Waals surface area contributed by atoms with Crippen molar-refractivity contribution in [3.63, 3.8) is 0 Å². The summed E-state index contributed by atoms with van der Waals surface area (Å²) in [5.41, 5.74) is 2.77. The van der Waals surface area contributed by atoms with Crippen LogP contribution in [-0.2, 0) is 9.53 Å². The van der Waals surface area contributed by atoms with E-state index in [4.69, 9.17) is 0 Å². The molecule has 1 N–H and O–H groups in total. The average Bonchev–Trinajstić information content (AvgIpc) is 2.73. The maximum absolute atomic E-state index is 12.2. The summed E-state index contributed by atoms with van der Waals surface area (Å²) in [6, 6.07) is 2.24. The van der Waals surface area contributed by atoms with E-state index in [1.807, 2.05) is 19.9 Å². The molecule has 0 saturated carbocycles. The van der Waals surface area contributed by atoms with Gasteiger partial charge in [-0.2, -0.15) is 0 Å². The van der Waals surface area contributed by atoms with Gasteiger partial charge < -0.3 is 14.6 Å². The van der Waals surface area contributed by atoms with E-state index in [1.54, 1.807) is 6.08 Å². The molecule has 1 amide bonds. The number of rotatable bonds is 6. The van der Waals surface area contributed by atoms with Crippen molar-refractivity contribution in [2.75, 3.05) is 13.7 Å². The predicted molar refractivity (Wildman–Crippen MR) is 82.4 cm³/mol. The number of methoxy groups -OCH3 is 1. The van der Waals surface area contributed by atoms with E-state index >= 15 is 0 Å². The van der Waals surface area contributed by atoms with Crippen molar-refractivity contribution in [1.29, 1.82) is 0 Å². The molecule has 0 aromatic carbocycles. The molecule has 5 heteroatoms. The first kappa shape index (κ1) is 17.0. The summed E-state index contributed by atoms with van der Waals surface area (Å²) in [5, 5.41) is 2.86. The SMILES string of the molecule is COC(=O)/C=C/CCNC(=O)c1cc(C)n(C(C)C)c1C. The van der Waals surface area contributed by atoms with E-state index in [1.165, 1.54) is 13.2 Å². The molecule has 0 unspecified atom stereocenters. The fourth-order valence-electron chi connectivity index (χ4n) is 2.41. The number of hydrogen-bond acceptors (Lipinski definition) is 3. The van der Waals surface area contributed by atoms with Crippen molar-refractivity contribution in [3.05, 3.63) is 35.2 Å². The molecule has 0 radical (unpaired) electrons. The molecule has 1 rings (SSSR count). The van der Waals surface area contributed by atoms with Crippen LogP contribution in [0.5, 0.6) is 0 Å². The molecule has 0 bridgehead atoms. The van der Waals surface area contributed by atoms with Crippen LogP contribution in [0.25, 0.3) is 0 Å². The first-order chi connectivity index (χ1) is 9.88. The number of nitrogens with one attached hydrogen (secondary N) is 1. The quantitative estimate of drug-likeness (QED) is 0.498. The van der Waals surface area contributed by atoms with Crippen molar-refractivity contribution in [2.45, 2.75) is 40.2 Å². The molecule has 116 valence electrons. The molecule has 0 atom stereocenters. The van der Waals surface area contributed by atoms with Crippen LogP contribution in [0.1, 0.15) is 48.1 Å². The Labute approximate surface area is 126 Å². The molecule has 0 aliphatic heterocycles. The monoisotopic (exact) mass is 292 g/mol. The van der Waals surface area contributed by atoms with E-state index in [9.17, 15) is 9.59 Å². The highest BCUT2D eigenvalue weighted by molar-refractivity contribution is 5.95. The van der Waals surface area contributed by atoms with Gasteiger partial charge in [0.15, 0.2) is 0 Å². The van der Waals surface area contributed by atoms with Gasteiger partial charge in [-0.25, -0.2) is 4.79 Å². The molecule has 0 aliphatic rings. The Balaban J connectivity index is 2.59. The van der Waals surface area contributed by atoms with E-state index in [-0.39, 0.29) is 11.9 Å². The third-order valence-electron chi connectivity index (χ3n) is 3.30. The number of ether oxygens (including phenoxy) is 1. The average molecular weight is 292 g/mol. The van der Waals surface area contributed by atoms with Gasteiger partial charge in [-0.15, -0.1) is 0 Å². The third kappa shape index (κ3) is 4.48. The highest BCUT2D eigenvalue weighted by atomic mass is 16.5. The summed E-state index contributed by atoms with van der Waals surface area (Å²) >= 11 is 0. The van der Waals surface area contributed by atoms with Crippen molar-refractivity contribution >= 4 is 11.9 Å². The Kier molecular flexibility index (Phi) is 6.21. The molecule has 0 aliphatic carbocycles. The van der Waals surface area contributed by atoms with Crippen LogP contribution in [0.15, 0.2) is 18.2 Å². The summed E-state index contributed by atoms with van der Waals surface area (Å²) in [4.78, 5) is 23.0. The summed E-state index contributed by atoms with van der Waals surface area (Å²) in [5.74, 6) is -0.469. The summed E-state index contributed by atoms with van der Waals surface area (Å²) in [6.45, 7) is 8.64. The molecular weight excluding hydrogens is 268 g/mol. The van der Waals surface area contributed by atoms with Gasteiger partial charge in [0.1, 0.15) is 0 Å². The number of aryl methyl sites for hydroxylation is 1. The highest BCUT2D eigenvalue weighted by Gasteiger charge is 2.16. The van der Waals surface area contributed by atoms with E-state index in [0.29, 0.717) is 24.6 Å². The minimum atomic E-state index is -0.387. The number of esters is 1. The lowest BCUT2D eigenvalue weighted by atomic mass is 10.2. The van der Waals surface area contributed by atoms with E-state index < -0.39 is 0 Å². The largest absolute Gasteiger partial charge is 0.466 e. The lowest BCUT2D eigenvalue weighted by molar-refractivity contribution is -0.134. The normalized spacial score (nSPS) is 11.1. The van der Waals surface area contributed by atoms with Crippen LogP contribution in [0.4, 0.5) is 0 Å². The number of hydrogen-bond donors (Lipinski definition) is 1. The van der Waals surface area contributed by atoms with Crippen LogP contribution < -0.4 is 5.32 Å². The van der Waals surface area contributed by atoms with E-state index in [0.717, 1.165) is 11.4 Å². The smallest absolute Gasteiger partial charge is 0.330 e. The second-order valence-corrected chi connectivity index (χ2v) is 5.22. The Bertz CT molecular complexity index is 542.